The number of carboxylic acid groups (broad SMARTS) is 1. The number of benzene rings is 3. The summed E-state index contributed by atoms with van der Waals surface area (Å²) in [4.78, 5) is 82.5. The van der Waals surface area contributed by atoms with Crippen LogP contribution in [0.5, 0.6) is 0 Å². The van der Waals surface area contributed by atoms with Gasteiger partial charge in [0.25, 0.3) is 17.7 Å². The Morgan fingerprint density at radius 1 is 1.02 bits per heavy atom. The molecule has 61 heavy (non-hydrogen) atoms. The number of ether oxygens (including phenoxy) is 1. The molecule has 0 saturated carbocycles. The number of nitrogen functional groups attached to an aromatic ring is 1. The predicted molar refractivity (Wildman–Crippen MR) is 227 cm³/mol. The van der Waals surface area contributed by atoms with Crippen LogP contribution >= 0.6 is 23.3 Å². The number of fused-ring (bicyclic) bond motifs is 1. The quantitative estimate of drug-likeness (QED) is 0.0273. The molecule has 3 aromatic carbocycles. The van der Waals surface area contributed by atoms with Crippen molar-refractivity contribution in [2.24, 2.45) is 5.16 Å². The fraction of sp³-hybridized carbons (Fsp3) is 0.256. The number of hydrogen-bond acceptors (Lipinski definition) is 14. The lowest BCUT2D eigenvalue weighted by Crippen LogP contribution is -2.71. The SMILES string of the molecule is C=CCOC(=O)C(=C1CCN([C@@H]2CCNC2)C1=O)C1=C(C(=O)O)N2C(=O)[C@@H](NC(=O)C(=NOC(c3ccccc3)(c3ccccc3)c3ccccc3)c3nsc(N)n3)[C@H]2SC1. The zero-order chi connectivity index (χ0) is 42.7. The largest absolute Gasteiger partial charge is 0.477 e. The van der Waals surface area contributed by atoms with Crippen LogP contribution in [0.1, 0.15) is 35.4 Å². The van der Waals surface area contributed by atoms with E-state index in [-0.39, 0.29) is 64.1 Å². The molecular formula is C43H40N8O8S2. The molecule has 4 aliphatic heterocycles. The van der Waals surface area contributed by atoms with Crippen LogP contribution in [0, 0.1) is 0 Å². The molecule has 4 aliphatic rings. The standard InChI is InChI=1S/C43H40N8O8S2/c1-2-22-58-41(57)31(29-19-21-50(37(29)53)28-18-20-45-23-28)30-24-60-39-33(38(54)51(39)34(30)40(55)56)46-36(52)32(35-47-42(44)61-49-35)48-59-43(25-12-6-3-7-13-25,26-14-8-4-9-15-26)27-16-10-5-11-17-27/h2-17,28,33,39,45H,1,18-24H2,(H,46,52)(H,55,56)(H2,44,47,49)/t28-,33-,39-/m1/s1. The van der Waals surface area contributed by atoms with Gasteiger partial charge in [0.15, 0.2) is 5.13 Å². The molecule has 16 nitrogen and oxygen atoms in total. The van der Waals surface area contributed by atoms with Crippen molar-refractivity contribution in [3.05, 3.63) is 149 Å². The number of aromatic nitrogens is 2. The average Bonchev–Trinajstić information content (AvgIpc) is 4.06. The lowest BCUT2D eigenvalue weighted by Gasteiger charge is -2.49. The summed E-state index contributed by atoms with van der Waals surface area (Å²) in [6.07, 6.45) is 2.29. The number of aliphatic carboxylic acids is 1. The summed E-state index contributed by atoms with van der Waals surface area (Å²) in [5.74, 6) is -4.68. The number of carbonyl (C=O) groups is 5. The van der Waals surface area contributed by atoms with Crippen LogP contribution in [-0.4, -0.2) is 109 Å². The number of anilines is 1. The van der Waals surface area contributed by atoms with Crippen molar-refractivity contribution >= 4 is 63.8 Å². The lowest BCUT2D eigenvalue weighted by atomic mass is 9.80. The molecule has 0 spiro atoms. The molecule has 0 unspecified atom stereocenters. The number of hydrogen-bond donors (Lipinski definition) is 4. The zero-order valence-corrected chi connectivity index (χ0v) is 34.2. The Bertz CT molecular complexity index is 2370. The van der Waals surface area contributed by atoms with Gasteiger partial charge in [0.1, 0.15) is 23.7 Å². The van der Waals surface area contributed by atoms with Gasteiger partial charge in [0, 0.05) is 64.3 Å². The van der Waals surface area contributed by atoms with Gasteiger partial charge >= 0.3 is 11.9 Å². The van der Waals surface area contributed by atoms with Gasteiger partial charge < -0.3 is 35.9 Å². The van der Waals surface area contributed by atoms with Gasteiger partial charge in [-0.15, -0.1) is 11.8 Å². The summed E-state index contributed by atoms with van der Waals surface area (Å²) in [7, 11) is 0. The Balaban J connectivity index is 1.13. The van der Waals surface area contributed by atoms with Crippen LogP contribution < -0.4 is 16.4 Å². The van der Waals surface area contributed by atoms with E-state index in [0.29, 0.717) is 29.8 Å². The minimum absolute atomic E-state index is 0.0208. The summed E-state index contributed by atoms with van der Waals surface area (Å²) in [6.45, 7) is 5.10. The van der Waals surface area contributed by atoms with E-state index in [1.165, 1.54) is 6.08 Å². The number of nitrogens with two attached hydrogens (primary N) is 1. The van der Waals surface area contributed by atoms with Crippen LogP contribution in [0.3, 0.4) is 0 Å². The third kappa shape index (κ3) is 7.69. The fourth-order valence-electron chi connectivity index (χ4n) is 8.06. The van der Waals surface area contributed by atoms with Crippen molar-refractivity contribution in [2.45, 2.75) is 35.9 Å². The second-order valence-corrected chi connectivity index (χ2v) is 16.3. The topological polar surface area (TPSA) is 219 Å². The zero-order valence-electron chi connectivity index (χ0n) is 32.6. The number of thioether (sulfide) groups is 1. The highest BCUT2D eigenvalue weighted by molar-refractivity contribution is 8.00. The second-order valence-electron chi connectivity index (χ2n) is 14.4. The van der Waals surface area contributed by atoms with E-state index in [1.807, 2.05) is 91.0 Å². The summed E-state index contributed by atoms with van der Waals surface area (Å²) < 4.78 is 9.64. The van der Waals surface area contributed by atoms with Crippen LogP contribution in [0.4, 0.5) is 5.13 Å². The van der Waals surface area contributed by atoms with Crippen LogP contribution in [0.15, 0.2) is 131 Å². The van der Waals surface area contributed by atoms with Gasteiger partial charge in [-0.05, 0) is 19.4 Å². The van der Waals surface area contributed by atoms with E-state index in [0.717, 1.165) is 41.2 Å². The van der Waals surface area contributed by atoms with Crippen molar-refractivity contribution in [3.8, 4) is 0 Å². The molecule has 4 aromatic rings. The summed E-state index contributed by atoms with van der Waals surface area (Å²) >= 11 is 1.96. The van der Waals surface area contributed by atoms with E-state index in [9.17, 15) is 29.1 Å². The first-order chi connectivity index (χ1) is 29.6. The van der Waals surface area contributed by atoms with Gasteiger partial charge in [-0.25, -0.2) is 9.59 Å². The number of likely N-dealkylation sites (tertiary alicyclic amines) is 1. The van der Waals surface area contributed by atoms with Gasteiger partial charge in [-0.2, -0.15) is 9.36 Å². The Kier molecular flexibility index (Phi) is 11.8. The Labute approximate surface area is 358 Å². The Morgan fingerprint density at radius 3 is 2.20 bits per heavy atom. The van der Waals surface area contributed by atoms with E-state index in [1.54, 1.807) is 4.90 Å². The molecule has 3 saturated heterocycles. The summed E-state index contributed by atoms with van der Waals surface area (Å²) in [5, 5.41) is 20.2. The summed E-state index contributed by atoms with van der Waals surface area (Å²) in [6, 6.07) is 26.7. The molecule has 0 aliphatic carbocycles. The number of carbonyl (C=O) groups excluding carboxylic acids is 4. The van der Waals surface area contributed by atoms with E-state index in [4.69, 9.17) is 15.3 Å². The Morgan fingerprint density at radius 2 is 1.66 bits per heavy atom. The molecule has 18 heteroatoms. The van der Waals surface area contributed by atoms with Crippen molar-refractivity contribution in [1.82, 2.24) is 29.8 Å². The maximum Gasteiger partial charge on any atom is 0.352 e. The van der Waals surface area contributed by atoms with Crippen LogP contribution in [-0.2, 0) is 39.1 Å². The smallest absolute Gasteiger partial charge is 0.352 e. The monoisotopic (exact) mass is 860 g/mol. The molecule has 5 heterocycles. The fourth-order valence-corrected chi connectivity index (χ4v) is 9.85. The van der Waals surface area contributed by atoms with Crippen LogP contribution in [0.2, 0.25) is 0 Å². The third-order valence-corrected chi connectivity index (χ3v) is 12.7. The molecule has 0 bridgehead atoms. The molecular weight excluding hydrogens is 821 g/mol. The molecule has 0 radical (unpaired) electrons. The highest BCUT2D eigenvalue weighted by Gasteiger charge is 2.56. The lowest BCUT2D eigenvalue weighted by molar-refractivity contribution is -0.150. The van der Waals surface area contributed by atoms with E-state index < -0.39 is 46.5 Å². The maximum atomic E-state index is 14.4. The first-order valence-electron chi connectivity index (χ1n) is 19.4. The highest BCUT2D eigenvalue weighted by Crippen LogP contribution is 2.45. The number of esters is 1. The van der Waals surface area contributed by atoms with Gasteiger partial charge in [0.05, 0.1) is 5.57 Å². The molecule has 312 valence electrons. The number of rotatable bonds is 14. The third-order valence-electron chi connectivity index (χ3n) is 10.9. The van der Waals surface area contributed by atoms with E-state index in [2.05, 4.69) is 31.7 Å². The van der Waals surface area contributed by atoms with Crippen molar-refractivity contribution < 1.29 is 38.7 Å². The minimum Gasteiger partial charge on any atom is -0.477 e. The molecule has 3 atom stereocenters. The average molecular weight is 861 g/mol. The van der Waals surface area contributed by atoms with Gasteiger partial charge in [0.2, 0.25) is 17.1 Å². The van der Waals surface area contributed by atoms with Gasteiger partial charge in [-0.3, -0.25) is 19.3 Å². The second kappa shape index (κ2) is 17.5. The number of amides is 3. The van der Waals surface area contributed by atoms with Crippen molar-refractivity contribution in [1.29, 1.82) is 0 Å². The van der Waals surface area contributed by atoms with E-state index >= 15 is 0 Å². The first kappa shape index (κ1) is 41.1. The molecule has 5 N–H and O–H groups in total. The Hall–Kier alpha value is -6.63. The predicted octanol–water partition coefficient (Wildman–Crippen LogP) is 3.19. The number of oxime groups is 1. The number of β-lactam (4-membered cyclic amide) rings is 1. The normalized spacial score (nSPS) is 21.1. The molecule has 1 aromatic heterocycles. The number of carboxylic acids is 1. The van der Waals surface area contributed by atoms with Crippen molar-refractivity contribution in [2.75, 3.05) is 37.7 Å². The minimum atomic E-state index is -1.49. The van der Waals surface area contributed by atoms with Crippen LogP contribution in [0.25, 0.3) is 0 Å². The molecule has 3 fully saturated rings. The van der Waals surface area contributed by atoms with Gasteiger partial charge in [-0.1, -0.05) is 109 Å². The maximum absolute atomic E-state index is 14.4. The van der Waals surface area contributed by atoms with Crippen molar-refractivity contribution in [3.63, 3.8) is 0 Å². The molecule has 3 amide bonds. The summed E-state index contributed by atoms with van der Waals surface area (Å²) in [5.41, 5.74) is 5.72. The first-order valence-corrected chi connectivity index (χ1v) is 21.2. The molecule has 8 rings (SSSR count). The highest BCUT2D eigenvalue weighted by atomic mass is 32.2. The number of nitrogens with zero attached hydrogens (tertiary/aromatic N) is 5. The number of nitrogens with one attached hydrogen (secondary N) is 2.